The summed E-state index contributed by atoms with van der Waals surface area (Å²) < 4.78 is 5.28. The van der Waals surface area contributed by atoms with Crippen LogP contribution in [0, 0.1) is 0 Å². The Balaban J connectivity index is 1.89. The molecule has 2 aromatic rings. The van der Waals surface area contributed by atoms with Crippen LogP contribution in [0.2, 0.25) is 5.02 Å². The summed E-state index contributed by atoms with van der Waals surface area (Å²) in [6, 6.07) is 9.83. The highest BCUT2D eigenvalue weighted by Crippen LogP contribution is 2.22. The van der Waals surface area contributed by atoms with E-state index in [0.29, 0.717) is 21.4 Å². The lowest BCUT2D eigenvalue weighted by atomic mass is 10.3. The van der Waals surface area contributed by atoms with Crippen LogP contribution in [0.4, 0.5) is 0 Å². The number of para-hydroxylation sites is 1. The Kier molecular flexibility index (Phi) is 5.72. The number of hydrogen-bond acceptors (Lipinski definition) is 6. The Morgan fingerprint density at radius 3 is 2.61 bits per heavy atom. The number of amides is 1. The molecule has 8 heteroatoms. The zero-order chi connectivity index (χ0) is 16.8. The highest BCUT2D eigenvalue weighted by molar-refractivity contribution is 7.15. The van der Waals surface area contributed by atoms with Gasteiger partial charge in [-0.15, -0.1) is 11.3 Å². The third-order valence-electron chi connectivity index (χ3n) is 2.71. The summed E-state index contributed by atoms with van der Waals surface area (Å²) in [5, 5.41) is 15.0. The molecule has 0 saturated carbocycles. The standard InChI is InChI=1S/C15H13ClN2O4S/c1-9(12-6-7-13(23-12)15(20)21)17-18-14(19)8-22-11-5-3-2-4-10(11)16/h2-7H,8H2,1H3,(H,18,19)(H,20,21)/p-1/b17-9-. The maximum absolute atomic E-state index is 11.7. The SMILES string of the molecule is C/C(=N/NC(=O)COc1ccccc1Cl)c1ccc(C(=O)[O-])s1. The first-order valence-corrected chi connectivity index (χ1v) is 7.69. The van der Waals surface area contributed by atoms with E-state index in [4.69, 9.17) is 16.3 Å². The Labute approximate surface area is 141 Å². The van der Waals surface area contributed by atoms with Gasteiger partial charge in [0.1, 0.15) is 5.75 Å². The maximum atomic E-state index is 11.7. The highest BCUT2D eigenvalue weighted by atomic mass is 35.5. The number of aromatic carboxylic acids is 1. The first-order chi connectivity index (χ1) is 11.0. The zero-order valence-electron chi connectivity index (χ0n) is 12.0. The summed E-state index contributed by atoms with van der Waals surface area (Å²) in [6.07, 6.45) is 0. The molecule has 0 aliphatic rings. The molecule has 23 heavy (non-hydrogen) atoms. The van der Waals surface area contributed by atoms with E-state index in [9.17, 15) is 14.7 Å². The highest BCUT2D eigenvalue weighted by Gasteiger charge is 2.07. The monoisotopic (exact) mass is 351 g/mol. The Morgan fingerprint density at radius 2 is 1.96 bits per heavy atom. The fourth-order valence-corrected chi connectivity index (χ4v) is 2.56. The van der Waals surface area contributed by atoms with Gasteiger partial charge in [0.2, 0.25) is 0 Å². The minimum absolute atomic E-state index is 0.0999. The van der Waals surface area contributed by atoms with Crippen LogP contribution in [0.3, 0.4) is 0 Å². The van der Waals surface area contributed by atoms with Crippen LogP contribution in [0.1, 0.15) is 21.5 Å². The number of nitrogens with one attached hydrogen (secondary N) is 1. The van der Waals surface area contributed by atoms with Crippen molar-refractivity contribution < 1.29 is 19.4 Å². The van der Waals surface area contributed by atoms with Gasteiger partial charge in [-0.2, -0.15) is 5.10 Å². The van der Waals surface area contributed by atoms with Gasteiger partial charge in [-0.1, -0.05) is 23.7 Å². The first-order valence-electron chi connectivity index (χ1n) is 6.49. The van der Waals surface area contributed by atoms with Gasteiger partial charge in [0.05, 0.1) is 26.5 Å². The minimum Gasteiger partial charge on any atom is -0.544 e. The van der Waals surface area contributed by atoms with Gasteiger partial charge in [0.15, 0.2) is 6.61 Å². The molecule has 0 atom stereocenters. The number of hydrogen-bond donors (Lipinski definition) is 1. The number of carboxylic acids is 1. The van der Waals surface area contributed by atoms with E-state index in [1.165, 1.54) is 6.07 Å². The average Bonchev–Trinajstić information content (AvgIpc) is 3.02. The smallest absolute Gasteiger partial charge is 0.277 e. The van der Waals surface area contributed by atoms with Crippen LogP contribution in [-0.4, -0.2) is 24.2 Å². The third kappa shape index (κ3) is 4.80. The lowest BCUT2D eigenvalue weighted by molar-refractivity contribution is -0.254. The van der Waals surface area contributed by atoms with E-state index < -0.39 is 11.9 Å². The number of hydrazone groups is 1. The van der Waals surface area contributed by atoms with Crippen LogP contribution < -0.4 is 15.3 Å². The quantitative estimate of drug-likeness (QED) is 0.633. The molecular formula is C15H12ClN2O4S-. The molecule has 0 aliphatic heterocycles. The second-order valence-corrected chi connectivity index (χ2v) is 5.89. The van der Waals surface area contributed by atoms with Gasteiger partial charge >= 0.3 is 0 Å². The molecule has 1 heterocycles. The van der Waals surface area contributed by atoms with E-state index in [1.54, 1.807) is 37.3 Å². The van der Waals surface area contributed by atoms with E-state index in [2.05, 4.69) is 10.5 Å². The fourth-order valence-electron chi connectivity index (χ4n) is 1.58. The Bertz CT molecular complexity index is 757. The number of carboxylic acid groups (broad SMARTS) is 1. The van der Waals surface area contributed by atoms with Crippen molar-refractivity contribution in [3.05, 3.63) is 51.2 Å². The van der Waals surface area contributed by atoms with Gasteiger partial charge < -0.3 is 14.6 Å². The van der Waals surface area contributed by atoms with Crippen LogP contribution in [0.15, 0.2) is 41.5 Å². The number of rotatable bonds is 6. The van der Waals surface area contributed by atoms with Gasteiger partial charge in [-0.05, 0) is 31.2 Å². The molecule has 0 fully saturated rings. The van der Waals surface area contributed by atoms with E-state index in [-0.39, 0.29) is 11.5 Å². The van der Waals surface area contributed by atoms with Gasteiger partial charge in [0, 0.05) is 0 Å². The van der Waals surface area contributed by atoms with Gasteiger partial charge in [0.25, 0.3) is 5.91 Å². The predicted octanol–water partition coefficient (Wildman–Crippen LogP) is 1.68. The molecule has 6 nitrogen and oxygen atoms in total. The van der Waals surface area contributed by atoms with Crippen molar-refractivity contribution in [2.75, 3.05) is 6.61 Å². The maximum Gasteiger partial charge on any atom is 0.277 e. The average molecular weight is 352 g/mol. The summed E-state index contributed by atoms with van der Waals surface area (Å²) in [4.78, 5) is 23.1. The molecule has 0 bridgehead atoms. The van der Waals surface area contributed by atoms with Crippen molar-refractivity contribution in [1.29, 1.82) is 0 Å². The van der Waals surface area contributed by atoms with E-state index in [0.717, 1.165) is 11.3 Å². The number of ether oxygens (including phenoxy) is 1. The lowest BCUT2D eigenvalue weighted by Crippen LogP contribution is -2.25. The number of carbonyl (C=O) groups is 2. The molecule has 0 aliphatic carbocycles. The third-order valence-corrected chi connectivity index (χ3v) is 4.19. The van der Waals surface area contributed by atoms with Crippen molar-refractivity contribution in [2.24, 2.45) is 5.10 Å². The fraction of sp³-hybridized carbons (Fsp3) is 0.133. The van der Waals surface area contributed by atoms with Crippen molar-refractivity contribution >= 4 is 40.5 Å². The van der Waals surface area contributed by atoms with Crippen LogP contribution in [-0.2, 0) is 4.79 Å². The summed E-state index contributed by atoms with van der Waals surface area (Å²) >= 11 is 6.93. The van der Waals surface area contributed by atoms with Crippen LogP contribution in [0.25, 0.3) is 0 Å². The van der Waals surface area contributed by atoms with Crippen molar-refractivity contribution in [2.45, 2.75) is 6.92 Å². The summed E-state index contributed by atoms with van der Waals surface area (Å²) in [7, 11) is 0. The van der Waals surface area contributed by atoms with Crippen LogP contribution in [0.5, 0.6) is 5.75 Å². The summed E-state index contributed by atoms with van der Waals surface area (Å²) in [6.45, 7) is 1.41. The predicted molar refractivity (Wildman–Crippen MR) is 86.0 cm³/mol. The number of benzene rings is 1. The second kappa shape index (κ2) is 7.75. The van der Waals surface area contributed by atoms with Gasteiger partial charge in [-0.25, -0.2) is 5.43 Å². The number of halogens is 1. The molecule has 0 radical (unpaired) electrons. The topological polar surface area (TPSA) is 90.8 Å². The molecule has 0 unspecified atom stereocenters. The number of thiophene rings is 1. The van der Waals surface area contributed by atoms with Crippen LogP contribution >= 0.6 is 22.9 Å². The Morgan fingerprint density at radius 1 is 1.26 bits per heavy atom. The molecule has 1 aromatic heterocycles. The normalized spacial score (nSPS) is 11.1. The Hall–Kier alpha value is -2.38. The molecule has 1 N–H and O–H groups in total. The summed E-state index contributed by atoms with van der Waals surface area (Å²) in [5.41, 5.74) is 2.81. The molecule has 2 rings (SSSR count). The van der Waals surface area contributed by atoms with Gasteiger partial charge in [-0.3, -0.25) is 4.79 Å². The minimum atomic E-state index is -1.24. The zero-order valence-corrected chi connectivity index (χ0v) is 13.6. The van der Waals surface area contributed by atoms with Crippen molar-refractivity contribution in [3.8, 4) is 5.75 Å². The number of carbonyl (C=O) groups excluding carboxylic acids is 2. The first kappa shape index (κ1) is 17.0. The lowest BCUT2D eigenvalue weighted by Gasteiger charge is -2.06. The summed E-state index contributed by atoms with van der Waals surface area (Å²) in [5.74, 6) is -1.30. The molecule has 0 spiro atoms. The molecule has 1 amide bonds. The molecule has 0 saturated heterocycles. The number of nitrogens with zero attached hydrogens (tertiary/aromatic N) is 1. The largest absolute Gasteiger partial charge is 0.544 e. The van der Waals surface area contributed by atoms with Crippen molar-refractivity contribution in [1.82, 2.24) is 5.43 Å². The molecular weight excluding hydrogens is 340 g/mol. The molecule has 1 aromatic carbocycles. The van der Waals surface area contributed by atoms with E-state index >= 15 is 0 Å². The van der Waals surface area contributed by atoms with Crippen molar-refractivity contribution in [3.63, 3.8) is 0 Å². The molecule has 120 valence electrons. The second-order valence-electron chi connectivity index (χ2n) is 4.40. The van der Waals surface area contributed by atoms with E-state index in [1.807, 2.05) is 0 Å².